The van der Waals surface area contributed by atoms with Crippen LogP contribution < -0.4 is 0 Å². The lowest BCUT2D eigenvalue weighted by molar-refractivity contribution is -0.386. The summed E-state index contributed by atoms with van der Waals surface area (Å²) in [6.45, 7) is -0.0184. The van der Waals surface area contributed by atoms with Crippen LogP contribution >= 0.6 is 15.9 Å². The Balaban J connectivity index is 2.51. The van der Waals surface area contributed by atoms with E-state index in [2.05, 4.69) is 15.9 Å². The molecule has 16 heavy (non-hydrogen) atoms. The molecule has 0 unspecified atom stereocenters. The van der Waals surface area contributed by atoms with Gasteiger partial charge >= 0.3 is 0 Å². The standard InChI is InChI=1S/C11H12BrNO3/c12-8-2-3-9(10(6-8)13(15)16)11(7-14)4-1-5-11/h2-3,6,14H,1,4-5,7H2. The van der Waals surface area contributed by atoms with Crippen LogP contribution in [0.15, 0.2) is 22.7 Å². The van der Waals surface area contributed by atoms with Crippen molar-refractivity contribution in [2.24, 2.45) is 0 Å². The quantitative estimate of drug-likeness (QED) is 0.686. The second-order valence-corrected chi connectivity index (χ2v) is 5.13. The van der Waals surface area contributed by atoms with Crippen LogP contribution in [0.5, 0.6) is 0 Å². The molecule has 0 bridgehead atoms. The minimum absolute atomic E-state index is 0.0184. The summed E-state index contributed by atoms with van der Waals surface area (Å²) in [5.41, 5.74) is 0.376. The van der Waals surface area contributed by atoms with E-state index >= 15 is 0 Å². The zero-order valence-electron chi connectivity index (χ0n) is 8.65. The second-order valence-electron chi connectivity index (χ2n) is 4.21. The number of aliphatic hydroxyl groups excluding tert-OH is 1. The largest absolute Gasteiger partial charge is 0.395 e. The van der Waals surface area contributed by atoms with Crippen LogP contribution in [0.1, 0.15) is 24.8 Å². The molecule has 0 spiro atoms. The van der Waals surface area contributed by atoms with Gasteiger partial charge in [0.1, 0.15) is 0 Å². The molecule has 0 atom stereocenters. The van der Waals surface area contributed by atoms with Gasteiger partial charge < -0.3 is 5.11 Å². The summed E-state index contributed by atoms with van der Waals surface area (Å²) in [7, 11) is 0. The third-order valence-electron chi connectivity index (χ3n) is 3.34. The molecule has 0 radical (unpaired) electrons. The lowest BCUT2D eigenvalue weighted by Gasteiger charge is -2.40. The molecule has 5 heteroatoms. The van der Waals surface area contributed by atoms with Crippen molar-refractivity contribution >= 4 is 21.6 Å². The van der Waals surface area contributed by atoms with Gasteiger partial charge in [-0.1, -0.05) is 28.4 Å². The molecular weight excluding hydrogens is 274 g/mol. The first kappa shape index (κ1) is 11.5. The van der Waals surface area contributed by atoms with Crippen LogP contribution in [0.3, 0.4) is 0 Å². The van der Waals surface area contributed by atoms with Crippen LogP contribution in [0.4, 0.5) is 5.69 Å². The van der Waals surface area contributed by atoms with E-state index in [1.807, 2.05) is 0 Å². The van der Waals surface area contributed by atoms with Gasteiger partial charge in [0.25, 0.3) is 5.69 Å². The molecule has 0 saturated heterocycles. The second kappa shape index (κ2) is 4.14. The van der Waals surface area contributed by atoms with E-state index in [0.29, 0.717) is 10.0 Å². The predicted molar refractivity (Wildman–Crippen MR) is 63.4 cm³/mol. The van der Waals surface area contributed by atoms with Gasteiger partial charge in [0.05, 0.1) is 11.5 Å². The maximum atomic E-state index is 11.0. The van der Waals surface area contributed by atoms with Crippen molar-refractivity contribution in [2.45, 2.75) is 24.7 Å². The van der Waals surface area contributed by atoms with Crippen LogP contribution in [-0.2, 0) is 5.41 Å². The van der Waals surface area contributed by atoms with Crippen molar-refractivity contribution in [3.63, 3.8) is 0 Å². The van der Waals surface area contributed by atoms with Crippen molar-refractivity contribution in [1.82, 2.24) is 0 Å². The summed E-state index contributed by atoms with van der Waals surface area (Å²) >= 11 is 3.23. The van der Waals surface area contributed by atoms with Crippen LogP contribution in [0.25, 0.3) is 0 Å². The molecule has 4 nitrogen and oxygen atoms in total. The van der Waals surface area contributed by atoms with Crippen molar-refractivity contribution in [3.05, 3.63) is 38.3 Å². The van der Waals surface area contributed by atoms with Crippen molar-refractivity contribution < 1.29 is 10.0 Å². The zero-order valence-corrected chi connectivity index (χ0v) is 10.2. The fourth-order valence-electron chi connectivity index (χ4n) is 2.22. The number of hydrogen-bond donors (Lipinski definition) is 1. The molecule has 2 rings (SSSR count). The van der Waals surface area contributed by atoms with Crippen molar-refractivity contribution in [1.29, 1.82) is 0 Å². The van der Waals surface area contributed by atoms with E-state index in [1.165, 1.54) is 6.07 Å². The van der Waals surface area contributed by atoms with Gasteiger partial charge in [0.2, 0.25) is 0 Å². The van der Waals surface area contributed by atoms with Gasteiger partial charge in [-0.2, -0.15) is 0 Å². The highest BCUT2D eigenvalue weighted by molar-refractivity contribution is 9.10. The van der Waals surface area contributed by atoms with E-state index in [0.717, 1.165) is 19.3 Å². The molecule has 1 fully saturated rings. The van der Waals surface area contributed by atoms with E-state index in [1.54, 1.807) is 12.1 Å². The number of halogens is 1. The minimum atomic E-state index is -0.386. The maximum absolute atomic E-state index is 11.0. The third kappa shape index (κ3) is 1.74. The van der Waals surface area contributed by atoms with Gasteiger partial charge in [0.15, 0.2) is 0 Å². The number of aliphatic hydroxyl groups is 1. The number of benzene rings is 1. The van der Waals surface area contributed by atoms with Gasteiger partial charge in [0, 0.05) is 21.5 Å². The fraction of sp³-hybridized carbons (Fsp3) is 0.455. The third-order valence-corrected chi connectivity index (χ3v) is 3.83. The van der Waals surface area contributed by atoms with Gasteiger partial charge in [-0.05, 0) is 18.9 Å². The summed E-state index contributed by atoms with van der Waals surface area (Å²) in [6.07, 6.45) is 2.67. The van der Waals surface area contributed by atoms with Crippen molar-refractivity contribution in [2.75, 3.05) is 6.61 Å². The predicted octanol–water partition coefficient (Wildman–Crippen LogP) is 2.77. The monoisotopic (exact) mass is 285 g/mol. The molecule has 0 amide bonds. The average Bonchev–Trinajstić information content (AvgIpc) is 2.19. The molecule has 1 aliphatic rings. The normalized spacial score (nSPS) is 17.9. The molecule has 1 N–H and O–H groups in total. The topological polar surface area (TPSA) is 63.4 Å². The Morgan fingerprint density at radius 1 is 1.50 bits per heavy atom. The SMILES string of the molecule is O=[N+]([O-])c1cc(Br)ccc1C1(CO)CCC1. The van der Waals surface area contributed by atoms with E-state index < -0.39 is 0 Å². The van der Waals surface area contributed by atoms with Crippen LogP contribution in [0, 0.1) is 10.1 Å². The Morgan fingerprint density at radius 3 is 2.62 bits per heavy atom. The summed E-state index contributed by atoms with van der Waals surface area (Å²) in [6, 6.07) is 5.04. The molecule has 86 valence electrons. The molecule has 0 heterocycles. The smallest absolute Gasteiger partial charge is 0.274 e. The summed E-state index contributed by atoms with van der Waals surface area (Å²) in [5.74, 6) is 0. The minimum Gasteiger partial charge on any atom is -0.395 e. The number of rotatable bonds is 3. The Kier molecular flexibility index (Phi) is 2.99. The molecule has 1 aromatic carbocycles. The molecular formula is C11H12BrNO3. The number of hydrogen-bond acceptors (Lipinski definition) is 3. The first-order valence-electron chi connectivity index (χ1n) is 5.14. The highest BCUT2D eigenvalue weighted by Crippen LogP contribution is 2.47. The Morgan fingerprint density at radius 2 is 2.19 bits per heavy atom. The van der Waals surface area contributed by atoms with E-state index in [9.17, 15) is 15.2 Å². The van der Waals surface area contributed by atoms with E-state index in [-0.39, 0.29) is 22.6 Å². The van der Waals surface area contributed by atoms with Gasteiger partial charge in [-0.15, -0.1) is 0 Å². The molecule has 0 aliphatic heterocycles. The van der Waals surface area contributed by atoms with Crippen LogP contribution in [-0.4, -0.2) is 16.6 Å². The van der Waals surface area contributed by atoms with Crippen LogP contribution in [0.2, 0.25) is 0 Å². The summed E-state index contributed by atoms with van der Waals surface area (Å²) in [5, 5.41) is 20.4. The Hall–Kier alpha value is -0.940. The number of nitrogens with zero attached hydrogens (tertiary/aromatic N) is 1. The molecule has 0 aromatic heterocycles. The lowest BCUT2D eigenvalue weighted by atomic mass is 9.64. The Bertz CT molecular complexity index is 424. The van der Waals surface area contributed by atoms with Crippen molar-refractivity contribution in [3.8, 4) is 0 Å². The summed E-state index contributed by atoms with van der Waals surface area (Å²) < 4.78 is 0.690. The zero-order chi connectivity index (χ0) is 11.8. The van der Waals surface area contributed by atoms with Gasteiger partial charge in [-0.3, -0.25) is 10.1 Å². The first-order valence-corrected chi connectivity index (χ1v) is 5.94. The molecule has 1 aromatic rings. The summed E-state index contributed by atoms with van der Waals surface area (Å²) in [4.78, 5) is 10.6. The number of nitro benzene ring substituents is 1. The fourth-order valence-corrected chi connectivity index (χ4v) is 2.57. The van der Waals surface area contributed by atoms with Gasteiger partial charge in [-0.25, -0.2) is 0 Å². The molecule has 1 saturated carbocycles. The highest BCUT2D eigenvalue weighted by atomic mass is 79.9. The molecule has 1 aliphatic carbocycles. The Labute approximate surface area is 102 Å². The number of nitro groups is 1. The first-order chi connectivity index (χ1) is 7.59. The van der Waals surface area contributed by atoms with E-state index in [4.69, 9.17) is 0 Å². The highest BCUT2D eigenvalue weighted by Gasteiger charge is 2.42. The average molecular weight is 286 g/mol. The lowest BCUT2D eigenvalue weighted by Crippen LogP contribution is -2.38. The maximum Gasteiger partial charge on any atom is 0.274 e.